The van der Waals surface area contributed by atoms with Crippen LogP contribution in [0.3, 0.4) is 0 Å². The number of aliphatic carboxylic acids is 1. The Balaban J connectivity index is 5.33. The van der Waals surface area contributed by atoms with Crippen LogP contribution < -0.4 is 27.4 Å². The Morgan fingerprint density at radius 1 is 0.966 bits per heavy atom. The largest absolute Gasteiger partial charge is 0.480 e. The van der Waals surface area contributed by atoms with Crippen molar-refractivity contribution in [3.8, 4) is 0 Å². The number of thioether (sulfide) groups is 1. The van der Waals surface area contributed by atoms with Crippen LogP contribution >= 0.6 is 11.8 Å². The maximum Gasteiger partial charge on any atom is 0.326 e. The molecule has 0 saturated heterocycles. The van der Waals surface area contributed by atoms with Crippen LogP contribution in [0.5, 0.6) is 0 Å². The minimum atomic E-state index is -1.29. The van der Waals surface area contributed by atoms with Gasteiger partial charge in [0.25, 0.3) is 0 Å². The fraction of sp³-hybridized carbons (Fsp3) is 0.706. The minimum Gasteiger partial charge on any atom is -0.480 e. The van der Waals surface area contributed by atoms with Gasteiger partial charge in [0.1, 0.15) is 18.1 Å². The van der Waals surface area contributed by atoms with E-state index in [1.807, 2.05) is 20.1 Å². The zero-order chi connectivity index (χ0) is 22.6. The summed E-state index contributed by atoms with van der Waals surface area (Å²) in [4.78, 5) is 59.3. The quantitative estimate of drug-likeness (QED) is 0.184. The molecule has 0 saturated carbocycles. The zero-order valence-electron chi connectivity index (χ0n) is 16.9. The zero-order valence-corrected chi connectivity index (χ0v) is 17.7. The van der Waals surface area contributed by atoms with Crippen molar-refractivity contribution in [1.82, 2.24) is 16.0 Å². The number of amides is 4. The highest BCUT2D eigenvalue weighted by Gasteiger charge is 2.30. The van der Waals surface area contributed by atoms with Crippen molar-refractivity contribution in [3.05, 3.63) is 0 Å². The molecule has 11 nitrogen and oxygen atoms in total. The number of primary amides is 1. The lowest BCUT2D eigenvalue weighted by molar-refractivity contribution is -0.142. The van der Waals surface area contributed by atoms with Gasteiger partial charge in [0.2, 0.25) is 23.6 Å². The van der Waals surface area contributed by atoms with Crippen molar-refractivity contribution in [2.75, 3.05) is 18.6 Å². The minimum absolute atomic E-state index is 0.00579. The van der Waals surface area contributed by atoms with E-state index in [2.05, 4.69) is 16.0 Å². The van der Waals surface area contributed by atoms with Crippen LogP contribution in [0.4, 0.5) is 0 Å². The Labute approximate surface area is 174 Å². The van der Waals surface area contributed by atoms with E-state index in [0.717, 1.165) is 0 Å². The number of carboxylic acid groups (broad SMARTS) is 1. The summed E-state index contributed by atoms with van der Waals surface area (Å²) in [5.74, 6) is -3.59. The summed E-state index contributed by atoms with van der Waals surface area (Å²) >= 11 is 1.44. The van der Waals surface area contributed by atoms with Crippen LogP contribution in [0.2, 0.25) is 0 Å². The predicted molar refractivity (Wildman–Crippen MR) is 109 cm³/mol. The summed E-state index contributed by atoms with van der Waals surface area (Å²) in [6.07, 6.45) is 1.79. The summed E-state index contributed by atoms with van der Waals surface area (Å²) in [6.45, 7) is 3.26. The number of rotatable bonds is 14. The molecule has 0 radical (unpaired) electrons. The van der Waals surface area contributed by atoms with Gasteiger partial charge in [-0.15, -0.1) is 0 Å². The average molecular weight is 434 g/mol. The number of carbonyl (C=O) groups is 5. The molecule has 0 aromatic carbocycles. The Hall–Kier alpha value is -2.34. The number of hydrogen-bond donors (Lipinski definition) is 6. The van der Waals surface area contributed by atoms with E-state index in [1.165, 1.54) is 11.8 Å². The molecule has 8 N–H and O–H groups in total. The monoisotopic (exact) mass is 433 g/mol. The lowest BCUT2D eigenvalue weighted by Crippen LogP contribution is -2.57. The van der Waals surface area contributed by atoms with Gasteiger partial charge in [-0.2, -0.15) is 11.8 Å². The number of carboxylic acids is 1. The Kier molecular flexibility index (Phi) is 12.7. The van der Waals surface area contributed by atoms with Gasteiger partial charge in [-0.1, -0.05) is 13.8 Å². The van der Waals surface area contributed by atoms with Gasteiger partial charge >= 0.3 is 5.97 Å². The van der Waals surface area contributed by atoms with E-state index in [1.54, 1.807) is 0 Å². The van der Waals surface area contributed by atoms with Gasteiger partial charge in [-0.05, 0) is 30.8 Å². The highest BCUT2D eigenvalue weighted by atomic mass is 32.2. The Morgan fingerprint density at radius 2 is 1.52 bits per heavy atom. The Morgan fingerprint density at radius 3 is 1.97 bits per heavy atom. The lowest BCUT2D eigenvalue weighted by Gasteiger charge is -2.25. The summed E-state index contributed by atoms with van der Waals surface area (Å²) in [5, 5.41) is 16.5. The van der Waals surface area contributed by atoms with Crippen molar-refractivity contribution < 1.29 is 29.1 Å². The normalized spacial score (nSPS) is 13.8. The van der Waals surface area contributed by atoms with Gasteiger partial charge in [-0.25, -0.2) is 4.79 Å². The van der Waals surface area contributed by atoms with Crippen molar-refractivity contribution in [2.45, 2.75) is 51.2 Å². The number of nitrogens with one attached hydrogen (secondary N) is 3. The fourth-order valence-corrected chi connectivity index (χ4v) is 2.88. The van der Waals surface area contributed by atoms with Crippen molar-refractivity contribution in [3.63, 3.8) is 0 Å². The van der Waals surface area contributed by atoms with Crippen LogP contribution in [0.15, 0.2) is 0 Å². The highest BCUT2D eigenvalue weighted by Crippen LogP contribution is 2.08. The van der Waals surface area contributed by atoms with Gasteiger partial charge in [0.15, 0.2) is 0 Å². The van der Waals surface area contributed by atoms with Gasteiger partial charge in [0, 0.05) is 0 Å². The molecule has 29 heavy (non-hydrogen) atoms. The predicted octanol–water partition coefficient (Wildman–Crippen LogP) is -1.84. The van der Waals surface area contributed by atoms with E-state index in [-0.39, 0.29) is 18.8 Å². The van der Waals surface area contributed by atoms with E-state index in [4.69, 9.17) is 11.5 Å². The van der Waals surface area contributed by atoms with Crippen LogP contribution in [0, 0.1) is 5.92 Å². The molecular weight excluding hydrogens is 402 g/mol. The van der Waals surface area contributed by atoms with Crippen LogP contribution in [-0.2, 0) is 24.0 Å². The van der Waals surface area contributed by atoms with Crippen molar-refractivity contribution >= 4 is 41.4 Å². The number of hydrogen-bond acceptors (Lipinski definition) is 7. The van der Waals surface area contributed by atoms with Gasteiger partial charge in [0.05, 0.1) is 13.0 Å². The molecule has 3 atom stereocenters. The first-order valence-corrected chi connectivity index (χ1v) is 10.5. The average Bonchev–Trinajstić information content (AvgIpc) is 2.62. The molecule has 0 heterocycles. The van der Waals surface area contributed by atoms with Crippen molar-refractivity contribution in [2.24, 2.45) is 17.4 Å². The maximum atomic E-state index is 12.6. The standard InChI is InChI=1S/C17H31N5O6S/c1-9(2)6-11(15(25)21-10(17(27)28)4-5-29-3)22-16(26)12(7-13(19)23)20-14(24)8-18/h9-12H,4-8,18H2,1-3H3,(H2,19,23)(H,20,24)(H,21,25)(H,22,26)(H,27,28). The van der Waals surface area contributed by atoms with Crippen LogP contribution in [-0.4, -0.2) is 71.4 Å². The third kappa shape index (κ3) is 11.3. The summed E-state index contributed by atoms with van der Waals surface area (Å²) < 4.78 is 0. The third-order valence-corrected chi connectivity index (χ3v) is 4.45. The van der Waals surface area contributed by atoms with Crippen molar-refractivity contribution in [1.29, 1.82) is 0 Å². The molecular formula is C17H31N5O6S. The molecule has 0 aromatic rings. The SMILES string of the molecule is CSCCC(NC(=O)C(CC(C)C)NC(=O)C(CC(N)=O)NC(=O)CN)C(=O)O. The molecule has 166 valence electrons. The molecule has 0 aliphatic heterocycles. The second-order valence-electron chi connectivity index (χ2n) is 6.87. The topological polar surface area (TPSA) is 194 Å². The molecule has 0 aromatic heterocycles. The van der Waals surface area contributed by atoms with E-state index < -0.39 is 60.7 Å². The fourth-order valence-electron chi connectivity index (χ4n) is 2.40. The third-order valence-electron chi connectivity index (χ3n) is 3.81. The van der Waals surface area contributed by atoms with Gasteiger partial charge < -0.3 is 32.5 Å². The van der Waals surface area contributed by atoms with Crippen LogP contribution in [0.1, 0.15) is 33.1 Å². The first kappa shape index (κ1) is 26.7. The van der Waals surface area contributed by atoms with E-state index >= 15 is 0 Å². The van der Waals surface area contributed by atoms with E-state index in [9.17, 15) is 29.1 Å². The smallest absolute Gasteiger partial charge is 0.326 e. The maximum absolute atomic E-state index is 12.6. The molecule has 12 heteroatoms. The highest BCUT2D eigenvalue weighted by molar-refractivity contribution is 7.98. The van der Waals surface area contributed by atoms with Gasteiger partial charge in [-0.3, -0.25) is 19.2 Å². The number of carbonyl (C=O) groups excluding carboxylic acids is 4. The molecule has 0 aliphatic rings. The van der Waals surface area contributed by atoms with Crippen LogP contribution in [0.25, 0.3) is 0 Å². The first-order valence-electron chi connectivity index (χ1n) is 9.11. The molecule has 0 aliphatic carbocycles. The molecule has 4 amide bonds. The molecule has 3 unspecified atom stereocenters. The first-order chi connectivity index (χ1) is 13.5. The lowest BCUT2D eigenvalue weighted by atomic mass is 10.0. The molecule has 0 bridgehead atoms. The number of nitrogens with two attached hydrogens (primary N) is 2. The molecule has 0 fully saturated rings. The molecule has 0 spiro atoms. The Bertz CT molecular complexity index is 601. The van der Waals surface area contributed by atoms with E-state index in [0.29, 0.717) is 5.75 Å². The second kappa shape index (κ2) is 13.8. The summed E-state index contributed by atoms with van der Waals surface area (Å²) in [5.41, 5.74) is 10.3. The summed E-state index contributed by atoms with van der Waals surface area (Å²) in [7, 11) is 0. The molecule has 0 rings (SSSR count). The summed E-state index contributed by atoms with van der Waals surface area (Å²) in [6, 6.07) is -3.44. The second-order valence-corrected chi connectivity index (χ2v) is 7.85.